The average molecular weight is 478 g/mol. The molecule has 2 amide bonds. The second kappa shape index (κ2) is 9.84. The number of halogens is 1. The van der Waals surface area contributed by atoms with Crippen LogP contribution >= 0.6 is 28.1 Å². The van der Waals surface area contributed by atoms with Crippen molar-refractivity contribution in [3.8, 4) is 5.75 Å². The van der Waals surface area contributed by atoms with Gasteiger partial charge in [0.1, 0.15) is 5.75 Å². The normalized spacial score (nSPS) is 10.8. The molecule has 0 radical (unpaired) electrons. The molecule has 0 aliphatic heterocycles. The Labute approximate surface area is 184 Å². The number of nitrogens with one attached hydrogen (secondary N) is 3. The summed E-state index contributed by atoms with van der Waals surface area (Å²) >= 11 is 8.61. The van der Waals surface area contributed by atoms with E-state index in [1.165, 1.54) is 0 Å². The first kappa shape index (κ1) is 22.8. The van der Waals surface area contributed by atoms with Gasteiger partial charge in [0.15, 0.2) is 5.11 Å². The fourth-order valence-corrected chi connectivity index (χ4v) is 3.02. The number of hydrogen-bond donors (Lipinski definition) is 3. The maximum atomic E-state index is 12.6. The molecule has 0 unspecified atom stereocenters. The van der Waals surface area contributed by atoms with Gasteiger partial charge in [-0.05, 0) is 76.3 Å². The van der Waals surface area contributed by atoms with Crippen molar-refractivity contribution in [2.24, 2.45) is 0 Å². The van der Waals surface area contributed by atoms with Crippen LogP contribution in [0.15, 0.2) is 46.9 Å². The van der Waals surface area contributed by atoms with Gasteiger partial charge in [0, 0.05) is 21.3 Å². The highest BCUT2D eigenvalue weighted by molar-refractivity contribution is 9.10. The Bertz CT molecular complexity index is 926. The molecular weight excluding hydrogens is 454 g/mol. The Hall–Kier alpha value is -2.45. The summed E-state index contributed by atoms with van der Waals surface area (Å²) in [6.45, 7) is 8.02. The zero-order chi connectivity index (χ0) is 21.6. The van der Waals surface area contributed by atoms with Gasteiger partial charge in [0.25, 0.3) is 11.8 Å². The van der Waals surface area contributed by atoms with Crippen molar-refractivity contribution in [3.05, 3.63) is 58.1 Å². The summed E-state index contributed by atoms with van der Waals surface area (Å²) in [4.78, 5) is 25.0. The zero-order valence-corrected chi connectivity index (χ0v) is 19.2. The largest absolute Gasteiger partial charge is 0.493 e. The van der Waals surface area contributed by atoms with Gasteiger partial charge in [-0.25, -0.2) is 0 Å². The van der Waals surface area contributed by atoms with Crippen LogP contribution in [0.25, 0.3) is 0 Å². The Morgan fingerprint density at radius 2 is 1.83 bits per heavy atom. The fourth-order valence-electron chi connectivity index (χ4n) is 2.44. The summed E-state index contributed by atoms with van der Waals surface area (Å²) in [5.74, 6) is -0.114. The fraction of sp³-hybridized carbons (Fsp3) is 0.286. The van der Waals surface area contributed by atoms with Crippen LogP contribution in [0.3, 0.4) is 0 Å². The Morgan fingerprint density at radius 3 is 2.48 bits per heavy atom. The molecule has 2 rings (SSSR count). The number of anilines is 1. The van der Waals surface area contributed by atoms with E-state index in [1.807, 2.05) is 27.7 Å². The van der Waals surface area contributed by atoms with Crippen LogP contribution in [0.1, 0.15) is 48.4 Å². The topological polar surface area (TPSA) is 79.5 Å². The van der Waals surface area contributed by atoms with Gasteiger partial charge in [0.2, 0.25) is 0 Å². The van der Waals surface area contributed by atoms with Crippen molar-refractivity contribution < 1.29 is 14.3 Å². The number of thiocarbonyl (C=S) groups is 1. The summed E-state index contributed by atoms with van der Waals surface area (Å²) < 4.78 is 6.26. The molecule has 2 aromatic carbocycles. The minimum atomic E-state index is -0.395. The SMILES string of the molecule is CCOc1ccc(Br)cc1C(=O)NC(=S)Nc1cccc(C(=O)NC(C)(C)C)c1. The van der Waals surface area contributed by atoms with E-state index in [-0.39, 0.29) is 16.6 Å². The van der Waals surface area contributed by atoms with Gasteiger partial charge in [-0.2, -0.15) is 0 Å². The highest BCUT2D eigenvalue weighted by atomic mass is 79.9. The third-order valence-corrected chi connectivity index (χ3v) is 4.28. The number of ether oxygens (including phenoxy) is 1. The van der Waals surface area contributed by atoms with Gasteiger partial charge in [0.05, 0.1) is 12.2 Å². The Kier molecular flexibility index (Phi) is 7.75. The molecule has 0 aliphatic carbocycles. The Morgan fingerprint density at radius 1 is 1.10 bits per heavy atom. The maximum absolute atomic E-state index is 12.6. The summed E-state index contributed by atoms with van der Waals surface area (Å²) in [7, 11) is 0. The maximum Gasteiger partial charge on any atom is 0.261 e. The predicted octanol–water partition coefficient (Wildman–Crippen LogP) is 4.50. The lowest BCUT2D eigenvalue weighted by Crippen LogP contribution is -2.40. The highest BCUT2D eigenvalue weighted by Gasteiger charge is 2.17. The molecular formula is C21H24BrN3O3S. The number of carbonyl (C=O) groups is 2. The quantitative estimate of drug-likeness (QED) is 0.552. The van der Waals surface area contributed by atoms with Gasteiger partial charge < -0.3 is 15.4 Å². The van der Waals surface area contributed by atoms with Gasteiger partial charge >= 0.3 is 0 Å². The molecule has 0 heterocycles. The minimum Gasteiger partial charge on any atom is -0.493 e. The van der Waals surface area contributed by atoms with Crippen LogP contribution in [-0.4, -0.2) is 29.1 Å². The van der Waals surface area contributed by atoms with Gasteiger partial charge in [-0.15, -0.1) is 0 Å². The molecule has 6 nitrogen and oxygen atoms in total. The third-order valence-electron chi connectivity index (χ3n) is 3.58. The molecule has 0 fully saturated rings. The van der Waals surface area contributed by atoms with E-state index in [0.29, 0.717) is 29.2 Å². The van der Waals surface area contributed by atoms with Gasteiger partial charge in [-0.1, -0.05) is 22.0 Å². The van der Waals surface area contributed by atoms with Crippen molar-refractivity contribution in [1.82, 2.24) is 10.6 Å². The predicted molar refractivity (Wildman–Crippen MR) is 123 cm³/mol. The first-order valence-electron chi connectivity index (χ1n) is 9.06. The van der Waals surface area contributed by atoms with E-state index < -0.39 is 5.91 Å². The molecule has 29 heavy (non-hydrogen) atoms. The molecule has 0 spiro atoms. The standard InChI is InChI=1S/C21H24BrN3O3S/c1-5-28-17-10-9-14(22)12-16(17)19(27)24-20(29)23-15-8-6-7-13(11-15)18(26)25-21(2,3)4/h6-12H,5H2,1-4H3,(H,25,26)(H2,23,24,27,29). The van der Waals surface area contributed by atoms with Crippen LogP contribution in [0, 0.1) is 0 Å². The zero-order valence-electron chi connectivity index (χ0n) is 16.8. The van der Waals surface area contributed by atoms with E-state index in [9.17, 15) is 9.59 Å². The smallest absolute Gasteiger partial charge is 0.261 e. The van der Waals surface area contributed by atoms with Crippen LogP contribution in [0.4, 0.5) is 5.69 Å². The van der Waals surface area contributed by atoms with E-state index in [1.54, 1.807) is 42.5 Å². The van der Waals surface area contributed by atoms with Crippen molar-refractivity contribution in [1.29, 1.82) is 0 Å². The van der Waals surface area contributed by atoms with E-state index in [4.69, 9.17) is 17.0 Å². The van der Waals surface area contributed by atoms with Crippen molar-refractivity contribution >= 4 is 50.8 Å². The van der Waals surface area contributed by atoms with Gasteiger partial charge in [-0.3, -0.25) is 14.9 Å². The molecule has 2 aromatic rings. The van der Waals surface area contributed by atoms with Crippen LogP contribution in [0.2, 0.25) is 0 Å². The van der Waals surface area contributed by atoms with E-state index in [2.05, 4.69) is 31.9 Å². The minimum absolute atomic E-state index is 0.116. The number of hydrogen-bond acceptors (Lipinski definition) is 4. The lowest BCUT2D eigenvalue weighted by Gasteiger charge is -2.20. The third kappa shape index (κ3) is 7.14. The second-order valence-corrected chi connectivity index (χ2v) is 8.59. The molecule has 0 saturated heterocycles. The van der Waals surface area contributed by atoms with Crippen molar-refractivity contribution in [2.75, 3.05) is 11.9 Å². The molecule has 3 N–H and O–H groups in total. The average Bonchev–Trinajstić information content (AvgIpc) is 2.62. The molecule has 0 aromatic heterocycles. The number of carbonyl (C=O) groups excluding carboxylic acids is 2. The molecule has 0 atom stereocenters. The monoisotopic (exact) mass is 477 g/mol. The second-order valence-electron chi connectivity index (χ2n) is 7.27. The van der Waals surface area contributed by atoms with Crippen LogP contribution in [0.5, 0.6) is 5.75 Å². The number of rotatable bonds is 5. The lowest BCUT2D eigenvalue weighted by molar-refractivity contribution is 0.0918. The molecule has 8 heteroatoms. The highest BCUT2D eigenvalue weighted by Crippen LogP contribution is 2.23. The summed E-state index contributed by atoms with van der Waals surface area (Å²) in [6, 6.07) is 12.1. The molecule has 154 valence electrons. The van der Waals surface area contributed by atoms with E-state index >= 15 is 0 Å². The van der Waals surface area contributed by atoms with Crippen LogP contribution < -0.4 is 20.7 Å². The van der Waals surface area contributed by atoms with Crippen molar-refractivity contribution in [3.63, 3.8) is 0 Å². The molecule has 0 saturated carbocycles. The molecule has 0 aliphatic rings. The molecule has 0 bridgehead atoms. The first-order valence-corrected chi connectivity index (χ1v) is 10.3. The first-order chi connectivity index (χ1) is 13.6. The number of amides is 2. The lowest BCUT2D eigenvalue weighted by atomic mass is 10.1. The Balaban J connectivity index is 2.08. The van der Waals surface area contributed by atoms with Crippen molar-refractivity contribution in [2.45, 2.75) is 33.2 Å². The summed E-state index contributed by atoms with van der Waals surface area (Å²) in [5.41, 5.74) is 1.11. The number of benzene rings is 2. The van der Waals surface area contributed by atoms with Crippen LogP contribution in [-0.2, 0) is 0 Å². The van der Waals surface area contributed by atoms with E-state index in [0.717, 1.165) is 4.47 Å². The summed E-state index contributed by atoms with van der Waals surface area (Å²) in [5, 5.41) is 8.59. The summed E-state index contributed by atoms with van der Waals surface area (Å²) in [6.07, 6.45) is 0.